The maximum absolute atomic E-state index is 13.2. The number of piperazine rings is 1. The smallest absolute Gasteiger partial charge is 0.248 e. The van der Waals surface area contributed by atoms with E-state index in [1.165, 1.54) is 9.87 Å². The van der Waals surface area contributed by atoms with Crippen molar-refractivity contribution in [1.82, 2.24) is 18.9 Å². The van der Waals surface area contributed by atoms with Crippen molar-refractivity contribution in [3.8, 4) is 0 Å². The van der Waals surface area contributed by atoms with E-state index in [1.807, 2.05) is 43.0 Å². The standard InChI is InChI=1S/C25H32N4O4S/c1-17-15-23(20(4)29(17)19(3)22-9-7-6-8-10-22)24(30)16-27-11-13-28(14-12-27)34(31,32)25-18(2)26-33-21(25)5/h6-10,15,19H,11-14,16H2,1-5H3/t19-/m0/s1. The first kappa shape index (κ1) is 24.4. The maximum Gasteiger partial charge on any atom is 0.248 e. The van der Waals surface area contributed by atoms with Crippen LogP contribution < -0.4 is 0 Å². The first-order valence-electron chi connectivity index (χ1n) is 11.5. The Balaban J connectivity index is 1.43. The van der Waals surface area contributed by atoms with Crippen LogP contribution >= 0.6 is 0 Å². The van der Waals surface area contributed by atoms with E-state index in [1.54, 1.807) is 13.8 Å². The van der Waals surface area contributed by atoms with Crippen LogP contribution in [0.5, 0.6) is 0 Å². The largest absolute Gasteiger partial charge is 0.360 e. The van der Waals surface area contributed by atoms with Crippen molar-refractivity contribution in [2.24, 2.45) is 0 Å². The number of carbonyl (C=O) groups is 1. The topological polar surface area (TPSA) is 88.7 Å². The van der Waals surface area contributed by atoms with Crippen LogP contribution in [0, 0.1) is 27.7 Å². The molecule has 1 aromatic carbocycles. The van der Waals surface area contributed by atoms with Gasteiger partial charge in [0.2, 0.25) is 10.0 Å². The minimum atomic E-state index is -3.67. The van der Waals surface area contributed by atoms with Gasteiger partial charge in [-0.05, 0) is 46.2 Å². The molecule has 0 saturated carbocycles. The minimum absolute atomic E-state index is 0.0571. The van der Waals surface area contributed by atoms with Gasteiger partial charge in [0.1, 0.15) is 10.6 Å². The summed E-state index contributed by atoms with van der Waals surface area (Å²) in [5, 5.41) is 3.78. The van der Waals surface area contributed by atoms with Gasteiger partial charge in [-0.15, -0.1) is 0 Å². The molecule has 0 bridgehead atoms. The molecule has 0 spiro atoms. The van der Waals surface area contributed by atoms with Crippen molar-refractivity contribution < 1.29 is 17.7 Å². The molecule has 0 N–H and O–H groups in total. The predicted octanol–water partition coefficient (Wildman–Crippen LogP) is 3.51. The Morgan fingerprint density at radius 1 is 1.06 bits per heavy atom. The van der Waals surface area contributed by atoms with E-state index in [9.17, 15) is 13.2 Å². The van der Waals surface area contributed by atoms with Crippen LogP contribution in [0.2, 0.25) is 0 Å². The second-order valence-corrected chi connectivity index (χ2v) is 10.9. The maximum atomic E-state index is 13.2. The Hall–Kier alpha value is -2.75. The highest BCUT2D eigenvalue weighted by molar-refractivity contribution is 7.89. The summed E-state index contributed by atoms with van der Waals surface area (Å²) in [5.74, 6) is 0.358. The summed E-state index contributed by atoms with van der Waals surface area (Å²) >= 11 is 0. The average molecular weight is 485 g/mol. The van der Waals surface area contributed by atoms with Gasteiger partial charge in [-0.25, -0.2) is 8.42 Å². The summed E-state index contributed by atoms with van der Waals surface area (Å²) in [4.78, 5) is 15.4. The molecule has 2 aromatic heterocycles. The molecule has 0 radical (unpaired) electrons. The summed E-state index contributed by atoms with van der Waals surface area (Å²) < 4.78 is 34.8. The van der Waals surface area contributed by atoms with Gasteiger partial charge in [-0.1, -0.05) is 35.5 Å². The molecule has 34 heavy (non-hydrogen) atoms. The van der Waals surface area contributed by atoms with Crippen molar-refractivity contribution in [2.75, 3.05) is 32.7 Å². The molecule has 4 rings (SSSR count). The number of Topliss-reactive ketones (excluding diaryl/α,β-unsaturated/α-hetero) is 1. The van der Waals surface area contributed by atoms with Crippen LogP contribution in [0.25, 0.3) is 0 Å². The van der Waals surface area contributed by atoms with E-state index in [2.05, 4.69) is 28.8 Å². The summed E-state index contributed by atoms with van der Waals surface area (Å²) in [7, 11) is -3.67. The zero-order valence-electron chi connectivity index (χ0n) is 20.4. The van der Waals surface area contributed by atoms with E-state index >= 15 is 0 Å². The Morgan fingerprint density at radius 3 is 2.29 bits per heavy atom. The molecule has 0 aliphatic carbocycles. The van der Waals surface area contributed by atoms with Crippen LogP contribution in [0.3, 0.4) is 0 Å². The van der Waals surface area contributed by atoms with E-state index < -0.39 is 10.0 Å². The first-order valence-corrected chi connectivity index (χ1v) is 13.0. The molecule has 1 aliphatic heterocycles. The molecule has 1 fully saturated rings. The molecule has 9 heteroatoms. The fourth-order valence-electron chi connectivity index (χ4n) is 4.92. The third-order valence-corrected chi connectivity index (χ3v) is 8.86. The van der Waals surface area contributed by atoms with E-state index in [0.717, 1.165) is 17.0 Å². The van der Waals surface area contributed by atoms with Crippen molar-refractivity contribution >= 4 is 15.8 Å². The lowest BCUT2D eigenvalue weighted by Crippen LogP contribution is -2.49. The minimum Gasteiger partial charge on any atom is -0.360 e. The second kappa shape index (κ2) is 9.48. The van der Waals surface area contributed by atoms with E-state index in [-0.39, 0.29) is 23.3 Å². The summed E-state index contributed by atoms with van der Waals surface area (Å²) in [6, 6.07) is 12.3. The number of hydrogen-bond acceptors (Lipinski definition) is 6. The number of aromatic nitrogens is 2. The lowest BCUT2D eigenvalue weighted by atomic mass is 10.1. The second-order valence-electron chi connectivity index (χ2n) is 9.00. The van der Waals surface area contributed by atoms with Crippen LogP contribution in [0.1, 0.15) is 51.7 Å². The molecule has 1 atom stereocenters. The van der Waals surface area contributed by atoms with Crippen molar-refractivity contribution in [2.45, 2.75) is 45.6 Å². The van der Waals surface area contributed by atoms with Crippen LogP contribution in [-0.4, -0.2) is 65.9 Å². The van der Waals surface area contributed by atoms with Crippen LogP contribution in [-0.2, 0) is 10.0 Å². The van der Waals surface area contributed by atoms with Gasteiger partial charge in [0, 0.05) is 43.1 Å². The van der Waals surface area contributed by atoms with Crippen LogP contribution in [0.15, 0.2) is 45.8 Å². The fourth-order valence-corrected chi connectivity index (χ4v) is 6.64. The number of benzene rings is 1. The molecule has 1 aliphatic rings. The summed E-state index contributed by atoms with van der Waals surface area (Å²) in [6.07, 6.45) is 0. The third kappa shape index (κ3) is 4.47. The molecular weight excluding hydrogens is 452 g/mol. The Bertz CT molecular complexity index is 1270. The Kier molecular flexibility index (Phi) is 6.80. The van der Waals surface area contributed by atoms with Gasteiger partial charge in [-0.3, -0.25) is 9.69 Å². The van der Waals surface area contributed by atoms with E-state index in [0.29, 0.717) is 37.6 Å². The molecular formula is C25H32N4O4S. The Morgan fingerprint density at radius 2 is 1.71 bits per heavy atom. The van der Waals surface area contributed by atoms with Crippen molar-refractivity contribution in [1.29, 1.82) is 0 Å². The number of carbonyl (C=O) groups excluding carboxylic acids is 1. The SMILES string of the molecule is Cc1noc(C)c1S(=O)(=O)N1CCN(CC(=O)c2cc(C)n([C@@H](C)c3ccccc3)c2C)CC1. The summed E-state index contributed by atoms with van der Waals surface area (Å²) in [6.45, 7) is 11.3. The predicted molar refractivity (Wildman–Crippen MR) is 130 cm³/mol. The monoisotopic (exact) mass is 484 g/mol. The zero-order valence-corrected chi connectivity index (χ0v) is 21.2. The molecule has 8 nitrogen and oxygen atoms in total. The first-order chi connectivity index (χ1) is 16.1. The van der Waals surface area contributed by atoms with Gasteiger partial charge in [0.25, 0.3) is 0 Å². The Labute approximate surface area is 201 Å². The number of sulfonamides is 1. The number of rotatable bonds is 7. The van der Waals surface area contributed by atoms with Gasteiger partial charge < -0.3 is 9.09 Å². The molecule has 0 amide bonds. The lowest BCUT2D eigenvalue weighted by molar-refractivity contribution is 0.0901. The highest BCUT2D eigenvalue weighted by atomic mass is 32.2. The van der Waals surface area contributed by atoms with Gasteiger partial charge in [0.05, 0.1) is 12.6 Å². The highest BCUT2D eigenvalue weighted by Gasteiger charge is 2.34. The van der Waals surface area contributed by atoms with Crippen LogP contribution in [0.4, 0.5) is 0 Å². The number of ketones is 1. The third-order valence-electron chi connectivity index (χ3n) is 6.72. The number of nitrogens with zero attached hydrogens (tertiary/aromatic N) is 4. The quantitative estimate of drug-likeness (QED) is 0.477. The van der Waals surface area contributed by atoms with Gasteiger partial charge in [0.15, 0.2) is 11.5 Å². The molecule has 1 saturated heterocycles. The van der Waals surface area contributed by atoms with Crippen molar-refractivity contribution in [3.63, 3.8) is 0 Å². The average Bonchev–Trinajstić information content (AvgIpc) is 3.31. The zero-order chi connectivity index (χ0) is 24.6. The highest BCUT2D eigenvalue weighted by Crippen LogP contribution is 2.27. The van der Waals surface area contributed by atoms with E-state index in [4.69, 9.17) is 4.52 Å². The summed E-state index contributed by atoms with van der Waals surface area (Å²) in [5.41, 5.74) is 4.30. The number of hydrogen-bond donors (Lipinski definition) is 0. The fraction of sp³-hybridized carbons (Fsp3) is 0.440. The molecule has 0 unspecified atom stereocenters. The normalized spacial score (nSPS) is 16.6. The molecule has 3 heterocycles. The molecule has 182 valence electrons. The van der Waals surface area contributed by atoms with Gasteiger partial charge >= 0.3 is 0 Å². The lowest BCUT2D eigenvalue weighted by Gasteiger charge is -2.33. The number of aryl methyl sites for hydroxylation is 3. The van der Waals surface area contributed by atoms with Crippen molar-refractivity contribution in [3.05, 3.63) is 70.4 Å². The van der Waals surface area contributed by atoms with Gasteiger partial charge in [-0.2, -0.15) is 4.31 Å². The molecule has 3 aromatic rings.